The SMILES string of the molecule is CCC1(CI)OC(n2cnc3c(NC(=O)c4ccccc4)ncnc32)C2OC(C)(C)O[C@H]21. The molecule has 2 saturated heterocycles. The van der Waals surface area contributed by atoms with Crippen molar-refractivity contribution >= 4 is 45.5 Å². The molecule has 10 heteroatoms. The van der Waals surface area contributed by atoms with Crippen LogP contribution in [0.5, 0.6) is 0 Å². The van der Waals surface area contributed by atoms with Crippen LogP contribution in [0.3, 0.4) is 0 Å². The van der Waals surface area contributed by atoms with Gasteiger partial charge in [0.15, 0.2) is 29.0 Å². The fourth-order valence-corrected chi connectivity index (χ4v) is 5.53. The number of hydrogen-bond acceptors (Lipinski definition) is 7. The number of hydrogen-bond donors (Lipinski definition) is 1. The Kier molecular flexibility index (Phi) is 5.43. The third-order valence-corrected chi connectivity index (χ3v) is 7.30. The molecule has 2 fully saturated rings. The van der Waals surface area contributed by atoms with Gasteiger partial charge in [-0.15, -0.1) is 0 Å². The van der Waals surface area contributed by atoms with E-state index in [-0.39, 0.29) is 18.1 Å². The lowest BCUT2D eigenvalue weighted by molar-refractivity contribution is -0.215. The number of rotatable bonds is 5. The number of nitrogens with one attached hydrogen (secondary N) is 1. The highest BCUT2D eigenvalue weighted by Gasteiger charge is 2.62. The van der Waals surface area contributed by atoms with E-state index in [0.29, 0.717) is 22.5 Å². The molecule has 2 aromatic heterocycles. The van der Waals surface area contributed by atoms with Crippen molar-refractivity contribution in [3.8, 4) is 0 Å². The summed E-state index contributed by atoms with van der Waals surface area (Å²) in [5, 5.41) is 2.84. The van der Waals surface area contributed by atoms with Crippen molar-refractivity contribution in [1.29, 1.82) is 0 Å². The van der Waals surface area contributed by atoms with Crippen molar-refractivity contribution in [2.75, 3.05) is 9.74 Å². The van der Waals surface area contributed by atoms with Crippen molar-refractivity contribution in [2.24, 2.45) is 0 Å². The van der Waals surface area contributed by atoms with Crippen LogP contribution in [0.2, 0.25) is 0 Å². The number of imidazole rings is 1. The quantitative estimate of drug-likeness (QED) is 0.383. The number of carbonyl (C=O) groups excluding carboxylic acids is 1. The molecule has 9 nitrogen and oxygen atoms in total. The number of aromatic nitrogens is 4. The first-order valence-electron chi connectivity index (χ1n) is 10.5. The summed E-state index contributed by atoms with van der Waals surface area (Å²) in [6.07, 6.45) is 2.87. The Balaban J connectivity index is 1.50. The van der Waals surface area contributed by atoms with Crippen molar-refractivity contribution < 1.29 is 19.0 Å². The predicted octanol–water partition coefficient (Wildman–Crippen LogP) is 3.71. The van der Waals surface area contributed by atoms with Gasteiger partial charge in [0.1, 0.15) is 24.1 Å². The molecule has 1 amide bonds. The normalized spacial score (nSPS) is 28.7. The lowest BCUT2D eigenvalue weighted by Crippen LogP contribution is -2.44. The number of amides is 1. The molecule has 0 radical (unpaired) electrons. The second-order valence-electron chi connectivity index (χ2n) is 8.45. The van der Waals surface area contributed by atoms with Gasteiger partial charge in [0, 0.05) is 9.99 Å². The van der Waals surface area contributed by atoms with Gasteiger partial charge in [-0.2, -0.15) is 0 Å². The number of ether oxygens (including phenoxy) is 3. The molecule has 0 spiro atoms. The van der Waals surface area contributed by atoms with Crippen LogP contribution >= 0.6 is 22.6 Å². The summed E-state index contributed by atoms with van der Waals surface area (Å²) in [6.45, 7) is 5.93. The number of halogens is 1. The number of nitrogens with zero attached hydrogens (tertiary/aromatic N) is 4. The first-order valence-corrected chi connectivity index (χ1v) is 12.0. The minimum atomic E-state index is -0.705. The number of fused-ring (bicyclic) bond motifs is 2. The van der Waals surface area contributed by atoms with Crippen LogP contribution in [-0.4, -0.2) is 53.4 Å². The fraction of sp³-hybridized carbons (Fsp3) is 0.455. The molecule has 32 heavy (non-hydrogen) atoms. The summed E-state index contributed by atoms with van der Waals surface area (Å²) in [6, 6.07) is 8.97. The first-order chi connectivity index (χ1) is 15.4. The van der Waals surface area contributed by atoms with Gasteiger partial charge in [-0.3, -0.25) is 9.36 Å². The second kappa shape index (κ2) is 8.01. The smallest absolute Gasteiger partial charge is 0.256 e. The zero-order valence-electron chi connectivity index (χ0n) is 18.0. The van der Waals surface area contributed by atoms with Crippen LogP contribution in [0.15, 0.2) is 43.0 Å². The topological polar surface area (TPSA) is 100 Å². The van der Waals surface area contributed by atoms with E-state index in [1.165, 1.54) is 6.33 Å². The van der Waals surface area contributed by atoms with Crippen LogP contribution in [0.25, 0.3) is 11.2 Å². The highest BCUT2D eigenvalue weighted by Crippen LogP contribution is 2.50. The average Bonchev–Trinajstić information content (AvgIpc) is 3.44. The summed E-state index contributed by atoms with van der Waals surface area (Å²) >= 11 is 2.34. The molecule has 1 aromatic carbocycles. The van der Waals surface area contributed by atoms with Crippen molar-refractivity contribution in [2.45, 2.75) is 57.0 Å². The van der Waals surface area contributed by atoms with Gasteiger partial charge in [0.2, 0.25) is 0 Å². The van der Waals surface area contributed by atoms with E-state index in [1.54, 1.807) is 18.5 Å². The van der Waals surface area contributed by atoms with Gasteiger partial charge in [-0.1, -0.05) is 47.7 Å². The molecule has 5 rings (SSSR count). The summed E-state index contributed by atoms with van der Waals surface area (Å²) in [5.74, 6) is -0.623. The van der Waals surface area contributed by atoms with Crippen LogP contribution in [-0.2, 0) is 14.2 Å². The summed E-state index contributed by atoms with van der Waals surface area (Å²) in [7, 11) is 0. The number of alkyl halides is 1. The molecule has 0 bridgehead atoms. The average molecular weight is 549 g/mol. The second-order valence-corrected chi connectivity index (χ2v) is 9.21. The Morgan fingerprint density at radius 1 is 1.16 bits per heavy atom. The zero-order chi connectivity index (χ0) is 22.5. The Morgan fingerprint density at radius 2 is 1.94 bits per heavy atom. The van der Waals surface area contributed by atoms with E-state index in [9.17, 15) is 4.79 Å². The van der Waals surface area contributed by atoms with Gasteiger partial charge in [0.05, 0.1) is 6.33 Å². The minimum Gasteiger partial charge on any atom is -0.345 e. The van der Waals surface area contributed by atoms with E-state index in [4.69, 9.17) is 14.2 Å². The summed E-state index contributed by atoms with van der Waals surface area (Å²) in [5.41, 5.74) is 1.10. The molecule has 2 aliphatic rings. The van der Waals surface area contributed by atoms with Crippen molar-refractivity contribution in [3.63, 3.8) is 0 Å². The molecule has 4 heterocycles. The molecular formula is C22H24IN5O4. The third-order valence-electron chi connectivity index (χ3n) is 6.01. The number of benzene rings is 1. The van der Waals surface area contributed by atoms with Crippen molar-refractivity contribution in [3.05, 3.63) is 48.5 Å². The maximum atomic E-state index is 12.6. The van der Waals surface area contributed by atoms with E-state index in [1.807, 2.05) is 36.6 Å². The first kappa shape index (κ1) is 21.7. The largest absolute Gasteiger partial charge is 0.345 e. The lowest BCUT2D eigenvalue weighted by Gasteiger charge is -2.32. The lowest BCUT2D eigenvalue weighted by atomic mass is 9.95. The van der Waals surface area contributed by atoms with Crippen LogP contribution in [0.1, 0.15) is 43.8 Å². The maximum absolute atomic E-state index is 12.6. The molecule has 2 aliphatic heterocycles. The molecule has 3 unspecified atom stereocenters. The zero-order valence-corrected chi connectivity index (χ0v) is 20.1. The Labute approximate surface area is 199 Å². The highest BCUT2D eigenvalue weighted by atomic mass is 127. The maximum Gasteiger partial charge on any atom is 0.256 e. The molecule has 1 N–H and O–H groups in total. The van der Waals surface area contributed by atoms with Gasteiger partial charge in [-0.25, -0.2) is 15.0 Å². The molecule has 3 aromatic rings. The fourth-order valence-electron chi connectivity index (χ4n) is 4.38. The van der Waals surface area contributed by atoms with Gasteiger partial charge in [-0.05, 0) is 32.4 Å². The van der Waals surface area contributed by atoms with Gasteiger partial charge in [0.25, 0.3) is 5.91 Å². The van der Waals surface area contributed by atoms with E-state index >= 15 is 0 Å². The van der Waals surface area contributed by atoms with Crippen LogP contribution in [0.4, 0.5) is 5.82 Å². The van der Waals surface area contributed by atoms with E-state index < -0.39 is 17.6 Å². The molecule has 168 valence electrons. The standard InChI is InChI=1S/C22H24IN5O4/c1-4-22(10-23)16-15(30-21(2,3)31-16)20(32-22)28-12-26-14-17(24-11-25-18(14)28)27-19(29)13-8-6-5-7-9-13/h5-9,11-12,15-16,20H,4,10H2,1-3H3,(H,24,25,27,29)/t15?,16-,20?,22?/m1/s1. The third kappa shape index (κ3) is 3.49. The monoisotopic (exact) mass is 549 g/mol. The van der Waals surface area contributed by atoms with E-state index in [2.05, 4.69) is 49.8 Å². The Morgan fingerprint density at radius 3 is 2.66 bits per heavy atom. The Hall–Kier alpha value is -2.15. The molecule has 0 saturated carbocycles. The summed E-state index contributed by atoms with van der Waals surface area (Å²) in [4.78, 5) is 25.8. The predicted molar refractivity (Wildman–Crippen MR) is 126 cm³/mol. The van der Waals surface area contributed by atoms with Gasteiger partial charge >= 0.3 is 0 Å². The Bertz CT molecular complexity index is 1150. The molecular weight excluding hydrogens is 525 g/mol. The van der Waals surface area contributed by atoms with Crippen LogP contribution in [0, 0.1) is 0 Å². The number of carbonyl (C=O) groups is 1. The van der Waals surface area contributed by atoms with Crippen LogP contribution < -0.4 is 5.32 Å². The molecule has 4 atom stereocenters. The molecule has 0 aliphatic carbocycles. The minimum absolute atomic E-state index is 0.207. The van der Waals surface area contributed by atoms with E-state index in [0.717, 1.165) is 10.8 Å². The number of anilines is 1. The highest BCUT2D eigenvalue weighted by molar-refractivity contribution is 14.1. The van der Waals surface area contributed by atoms with Gasteiger partial charge < -0.3 is 19.5 Å². The summed E-state index contributed by atoms with van der Waals surface area (Å²) < 4.78 is 21.7. The van der Waals surface area contributed by atoms with Crippen molar-refractivity contribution in [1.82, 2.24) is 19.5 Å².